The minimum atomic E-state index is -0.791. The van der Waals surface area contributed by atoms with Gasteiger partial charge in [-0.15, -0.1) is 0 Å². The largest absolute Gasteiger partial charge is 0.506 e. The number of hydrogen-bond acceptors (Lipinski definition) is 5. The molecule has 176 valence electrons. The fraction of sp³-hybridized carbons (Fsp3) is 0.440. The average Bonchev–Trinajstić information content (AvgIpc) is 3.25. The molecule has 0 radical (unpaired) electrons. The van der Waals surface area contributed by atoms with Gasteiger partial charge in [0.2, 0.25) is 0 Å². The van der Waals surface area contributed by atoms with Crippen molar-refractivity contribution in [2.45, 2.75) is 50.8 Å². The molecule has 2 heterocycles. The molecule has 2 aliphatic rings. The number of carbonyl (C=O) groups is 2. The number of rotatable bonds is 6. The Morgan fingerprint density at radius 1 is 1.00 bits per heavy atom. The van der Waals surface area contributed by atoms with E-state index in [9.17, 15) is 19.8 Å². The molecule has 0 aromatic heterocycles. The van der Waals surface area contributed by atoms with Gasteiger partial charge in [0, 0.05) is 38.3 Å². The molecule has 2 aliphatic heterocycles. The van der Waals surface area contributed by atoms with Crippen LogP contribution in [0.4, 0.5) is 10.5 Å². The molecule has 0 bridgehead atoms. The van der Waals surface area contributed by atoms with Gasteiger partial charge in [0.05, 0.1) is 11.3 Å². The van der Waals surface area contributed by atoms with Crippen LogP contribution >= 0.6 is 0 Å². The van der Waals surface area contributed by atoms with Crippen molar-refractivity contribution in [2.24, 2.45) is 0 Å². The Morgan fingerprint density at radius 3 is 2.30 bits per heavy atom. The molecule has 1 fully saturated rings. The number of likely N-dealkylation sites (tertiary alicyclic amines) is 1. The van der Waals surface area contributed by atoms with E-state index in [1.54, 1.807) is 11.0 Å². The molecule has 33 heavy (non-hydrogen) atoms. The predicted octanol–water partition coefficient (Wildman–Crippen LogP) is 2.84. The van der Waals surface area contributed by atoms with Gasteiger partial charge in [-0.25, -0.2) is 4.79 Å². The number of amides is 3. The molecule has 1 saturated heterocycles. The second-order valence-corrected chi connectivity index (χ2v) is 9.10. The zero-order valence-corrected chi connectivity index (χ0v) is 18.8. The van der Waals surface area contributed by atoms with Gasteiger partial charge in [-0.05, 0) is 61.4 Å². The minimum absolute atomic E-state index is 0.0505. The Hall–Kier alpha value is -3.26. The Morgan fingerprint density at radius 2 is 1.67 bits per heavy atom. The molecular formula is C25H32N4O4. The summed E-state index contributed by atoms with van der Waals surface area (Å²) in [5.74, 6) is -0.269. The lowest BCUT2D eigenvalue weighted by Gasteiger charge is -2.38. The van der Waals surface area contributed by atoms with Crippen molar-refractivity contribution in [3.63, 3.8) is 0 Å². The number of urea groups is 1. The van der Waals surface area contributed by atoms with Crippen LogP contribution in [0, 0.1) is 0 Å². The number of hydrogen-bond donors (Lipinski definition) is 4. The Balaban J connectivity index is 1.15. The topological polar surface area (TPSA) is 119 Å². The zero-order valence-electron chi connectivity index (χ0n) is 18.8. The first-order chi connectivity index (χ1) is 15.8. The van der Waals surface area contributed by atoms with Crippen molar-refractivity contribution < 1.29 is 19.8 Å². The van der Waals surface area contributed by atoms with Crippen LogP contribution in [0.1, 0.15) is 53.6 Å². The van der Waals surface area contributed by atoms with Gasteiger partial charge in [0.1, 0.15) is 5.75 Å². The maximum absolute atomic E-state index is 12.7. The third kappa shape index (κ3) is 5.39. The first-order valence-corrected chi connectivity index (χ1v) is 11.5. The second kappa shape index (κ2) is 9.70. The van der Waals surface area contributed by atoms with Gasteiger partial charge in [-0.2, -0.15) is 0 Å². The molecule has 4 rings (SSSR count). The van der Waals surface area contributed by atoms with Crippen molar-refractivity contribution in [1.29, 1.82) is 0 Å². The number of unbranched alkanes of at least 4 members (excludes halogenated alkanes) is 1. The number of aliphatic hydroxyl groups is 1. The zero-order chi connectivity index (χ0) is 23.4. The summed E-state index contributed by atoms with van der Waals surface area (Å²) in [5.41, 5.74) is 7.85. The SMILES string of the molecule is Nc1ccc(C(=O)N2CCC(O)(CCCCNC(=O)N3Cc4ccccc4C3)CC2)cc1O. The van der Waals surface area contributed by atoms with E-state index >= 15 is 0 Å². The molecule has 0 unspecified atom stereocenters. The number of phenolic OH excluding ortho intramolecular Hbond substituents is 1. The van der Waals surface area contributed by atoms with Crippen LogP contribution in [0.5, 0.6) is 5.75 Å². The van der Waals surface area contributed by atoms with Gasteiger partial charge in [0.25, 0.3) is 5.91 Å². The van der Waals surface area contributed by atoms with Gasteiger partial charge < -0.3 is 31.1 Å². The van der Waals surface area contributed by atoms with E-state index in [0.29, 0.717) is 57.5 Å². The van der Waals surface area contributed by atoms with Crippen LogP contribution in [0.2, 0.25) is 0 Å². The summed E-state index contributed by atoms with van der Waals surface area (Å²) in [6.07, 6.45) is 3.26. The van der Waals surface area contributed by atoms with E-state index in [0.717, 1.165) is 12.8 Å². The van der Waals surface area contributed by atoms with Crippen LogP contribution in [0.15, 0.2) is 42.5 Å². The lowest BCUT2D eigenvalue weighted by molar-refractivity contribution is -0.0244. The van der Waals surface area contributed by atoms with Crippen molar-refractivity contribution >= 4 is 17.6 Å². The number of piperidine rings is 1. The Bertz CT molecular complexity index is 992. The first-order valence-electron chi connectivity index (χ1n) is 11.5. The highest BCUT2D eigenvalue weighted by Crippen LogP contribution is 2.29. The second-order valence-electron chi connectivity index (χ2n) is 9.10. The molecule has 8 nitrogen and oxygen atoms in total. The molecule has 0 aliphatic carbocycles. The molecule has 8 heteroatoms. The number of fused-ring (bicyclic) bond motifs is 1. The standard InChI is InChI=1S/C25H32N4O4/c26-21-8-7-18(15-22(21)30)23(31)28-13-10-25(33,11-14-28)9-3-4-12-27-24(32)29-16-19-5-1-2-6-20(19)17-29/h1-2,5-8,15,30,33H,3-4,9-14,16-17,26H2,(H,27,32). The van der Waals surface area contributed by atoms with E-state index in [-0.39, 0.29) is 23.4 Å². The van der Waals surface area contributed by atoms with Crippen LogP contribution in [-0.2, 0) is 13.1 Å². The monoisotopic (exact) mass is 452 g/mol. The van der Waals surface area contributed by atoms with Crippen molar-refractivity contribution in [3.8, 4) is 5.75 Å². The van der Waals surface area contributed by atoms with Gasteiger partial charge in [-0.1, -0.05) is 24.3 Å². The normalized spacial score (nSPS) is 17.0. The molecule has 0 spiro atoms. The number of carbonyl (C=O) groups excluding carboxylic acids is 2. The number of benzene rings is 2. The summed E-state index contributed by atoms with van der Waals surface area (Å²) in [4.78, 5) is 28.6. The van der Waals surface area contributed by atoms with Gasteiger partial charge in [0.15, 0.2) is 0 Å². The lowest BCUT2D eigenvalue weighted by atomic mass is 9.86. The Kier molecular flexibility index (Phi) is 6.74. The molecule has 5 N–H and O–H groups in total. The van der Waals surface area contributed by atoms with Crippen LogP contribution in [0.3, 0.4) is 0 Å². The molecule has 2 aromatic rings. The third-order valence-corrected chi connectivity index (χ3v) is 6.73. The lowest BCUT2D eigenvalue weighted by Crippen LogP contribution is -2.46. The van der Waals surface area contributed by atoms with Gasteiger partial charge >= 0.3 is 6.03 Å². The fourth-order valence-electron chi connectivity index (χ4n) is 4.60. The number of phenols is 1. The number of nitrogen functional groups attached to an aromatic ring is 1. The summed E-state index contributed by atoms with van der Waals surface area (Å²) in [6, 6.07) is 12.6. The molecular weight excluding hydrogens is 420 g/mol. The van der Waals surface area contributed by atoms with Crippen molar-refractivity contribution in [3.05, 3.63) is 59.2 Å². The number of aromatic hydroxyl groups is 1. The van der Waals surface area contributed by atoms with E-state index in [4.69, 9.17) is 5.73 Å². The quantitative estimate of drug-likeness (QED) is 0.305. The van der Waals surface area contributed by atoms with Crippen LogP contribution in [0.25, 0.3) is 0 Å². The summed E-state index contributed by atoms with van der Waals surface area (Å²) < 4.78 is 0. The van der Waals surface area contributed by atoms with Crippen LogP contribution < -0.4 is 11.1 Å². The third-order valence-electron chi connectivity index (χ3n) is 6.73. The number of nitrogens with zero attached hydrogens (tertiary/aromatic N) is 2. The highest BCUT2D eigenvalue weighted by molar-refractivity contribution is 5.95. The van der Waals surface area contributed by atoms with E-state index in [1.165, 1.54) is 23.3 Å². The van der Waals surface area contributed by atoms with E-state index in [2.05, 4.69) is 17.4 Å². The van der Waals surface area contributed by atoms with E-state index < -0.39 is 5.60 Å². The smallest absolute Gasteiger partial charge is 0.318 e. The minimum Gasteiger partial charge on any atom is -0.506 e. The highest BCUT2D eigenvalue weighted by Gasteiger charge is 2.33. The number of nitrogens with one attached hydrogen (secondary N) is 1. The van der Waals surface area contributed by atoms with Crippen molar-refractivity contribution in [1.82, 2.24) is 15.1 Å². The summed E-state index contributed by atoms with van der Waals surface area (Å²) in [6.45, 7) is 2.80. The number of anilines is 1. The van der Waals surface area contributed by atoms with Crippen LogP contribution in [-0.4, -0.2) is 57.2 Å². The molecule has 0 saturated carbocycles. The molecule has 3 amide bonds. The summed E-state index contributed by atoms with van der Waals surface area (Å²) >= 11 is 0. The maximum atomic E-state index is 12.7. The maximum Gasteiger partial charge on any atom is 0.318 e. The fourth-order valence-corrected chi connectivity index (χ4v) is 4.60. The van der Waals surface area contributed by atoms with Crippen molar-refractivity contribution in [2.75, 3.05) is 25.4 Å². The van der Waals surface area contributed by atoms with E-state index in [1.807, 2.05) is 17.0 Å². The molecule has 0 atom stereocenters. The highest BCUT2D eigenvalue weighted by atomic mass is 16.3. The molecule has 2 aromatic carbocycles. The summed E-state index contributed by atoms with van der Waals surface area (Å²) in [7, 11) is 0. The average molecular weight is 453 g/mol. The van der Waals surface area contributed by atoms with Gasteiger partial charge in [-0.3, -0.25) is 4.79 Å². The number of nitrogens with two attached hydrogens (primary N) is 1. The summed E-state index contributed by atoms with van der Waals surface area (Å²) in [5, 5.41) is 23.6. The Labute approximate surface area is 194 Å². The predicted molar refractivity (Wildman–Crippen MR) is 126 cm³/mol. The first kappa shape index (κ1) is 22.9.